The molecule has 0 aliphatic carbocycles. The van der Waals surface area contributed by atoms with Crippen LogP contribution in [0.25, 0.3) is 0 Å². The highest BCUT2D eigenvalue weighted by atomic mass is 35.5. The van der Waals surface area contributed by atoms with Crippen LogP contribution in [-0.2, 0) is 9.53 Å². The molecule has 0 saturated carbocycles. The predicted molar refractivity (Wildman–Crippen MR) is 47.3 cm³/mol. The van der Waals surface area contributed by atoms with Crippen LogP contribution >= 0.6 is 11.6 Å². The maximum Gasteiger partial charge on any atom is 0.223 e. The van der Waals surface area contributed by atoms with E-state index in [4.69, 9.17) is 16.3 Å². The van der Waals surface area contributed by atoms with Gasteiger partial charge >= 0.3 is 0 Å². The van der Waals surface area contributed by atoms with Crippen LogP contribution in [0, 0.1) is 0 Å². The average Bonchev–Trinajstić information content (AvgIpc) is 2.05. The summed E-state index contributed by atoms with van der Waals surface area (Å²) >= 11 is 5.47. The molecule has 1 aliphatic heterocycles. The third kappa shape index (κ3) is 2.64. The van der Waals surface area contributed by atoms with E-state index < -0.39 is 0 Å². The van der Waals surface area contributed by atoms with E-state index in [-0.39, 0.29) is 12.0 Å². The number of rotatable bonds is 2. The van der Waals surface area contributed by atoms with Gasteiger partial charge < -0.3 is 9.64 Å². The smallest absolute Gasteiger partial charge is 0.223 e. The van der Waals surface area contributed by atoms with Gasteiger partial charge in [-0.05, 0) is 6.92 Å². The fourth-order valence-corrected chi connectivity index (χ4v) is 1.45. The zero-order chi connectivity index (χ0) is 8.97. The summed E-state index contributed by atoms with van der Waals surface area (Å²) in [5.74, 6) is 0.546. The molecule has 70 valence electrons. The largest absolute Gasteiger partial charge is 0.375 e. The topological polar surface area (TPSA) is 29.5 Å². The van der Waals surface area contributed by atoms with Gasteiger partial charge in [-0.1, -0.05) is 0 Å². The first kappa shape index (κ1) is 9.81. The van der Waals surface area contributed by atoms with Gasteiger partial charge in [-0.15, -0.1) is 11.6 Å². The van der Waals surface area contributed by atoms with Crippen molar-refractivity contribution in [2.24, 2.45) is 0 Å². The van der Waals surface area contributed by atoms with Crippen molar-refractivity contribution in [3.8, 4) is 0 Å². The predicted octanol–water partition coefficient (Wildman–Crippen LogP) is 0.863. The van der Waals surface area contributed by atoms with Crippen molar-refractivity contribution in [3.63, 3.8) is 0 Å². The molecule has 0 aromatic carbocycles. The molecule has 1 saturated heterocycles. The number of halogens is 1. The van der Waals surface area contributed by atoms with E-state index in [0.717, 1.165) is 0 Å². The Hall–Kier alpha value is -0.280. The Bertz CT molecular complexity index is 163. The lowest BCUT2D eigenvalue weighted by atomic mass is 10.3. The summed E-state index contributed by atoms with van der Waals surface area (Å²) in [6.07, 6.45) is 0.604. The number of carbonyl (C=O) groups is 1. The van der Waals surface area contributed by atoms with Gasteiger partial charge in [0.25, 0.3) is 0 Å². The van der Waals surface area contributed by atoms with Crippen molar-refractivity contribution in [2.75, 3.05) is 25.6 Å². The van der Waals surface area contributed by atoms with Crippen LogP contribution in [0.2, 0.25) is 0 Å². The van der Waals surface area contributed by atoms with E-state index in [0.29, 0.717) is 32.0 Å². The van der Waals surface area contributed by atoms with E-state index >= 15 is 0 Å². The van der Waals surface area contributed by atoms with Gasteiger partial charge in [-0.2, -0.15) is 0 Å². The monoisotopic (exact) mass is 191 g/mol. The molecule has 1 heterocycles. The van der Waals surface area contributed by atoms with Crippen molar-refractivity contribution in [1.29, 1.82) is 0 Å². The van der Waals surface area contributed by atoms with Crippen LogP contribution in [-0.4, -0.2) is 42.5 Å². The van der Waals surface area contributed by atoms with Crippen LogP contribution in [0.1, 0.15) is 13.3 Å². The molecular formula is C8H14ClNO2. The standard InChI is InChI=1S/C8H14ClNO2/c1-7-6-10(4-5-12-7)8(11)2-3-9/h7H,2-6H2,1H3. The van der Waals surface area contributed by atoms with E-state index in [1.54, 1.807) is 0 Å². The molecule has 4 heteroatoms. The molecule has 1 aliphatic rings. The third-order valence-corrected chi connectivity index (χ3v) is 2.09. The Morgan fingerprint density at radius 1 is 1.75 bits per heavy atom. The molecule has 0 radical (unpaired) electrons. The zero-order valence-electron chi connectivity index (χ0n) is 7.25. The number of amides is 1. The van der Waals surface area contributed by atoms with Crippen LogP contribution in [0.3, 0.4) is 0 Å². The van der Waals surface area contributed by atoms with Crippen molar-refractivity contribution >= 4 is 17.5 Å². The van der Waals surface area contributed by atoms with Crippen molar-refractivity contribution in [3.05, 3.63) is 0 Å². The molecule has 1 unspecified atom stereocenters. The van der Waals surface area contributed by atoms with E-state index in [1.165, 1.54) is 0 Å². The van der Waals surface area contributed by atoms with E-state index in [1.807, 2.05) is 11.8 Å². The molecule has 1 atom stereocenters. The molecule has 1 rings (SSSR count). The Labute approximate surface area is 77.6 Å². The highest BCUT2D eigenvalue weighted by Gasteiger charge is 2.20. The van der Waals surface area contributed by atoms with Crippen molar-refractivity contribution in [1.82, 2.24) is 4.90 Å². The number of ether oxygens (including phenoxy) is 1. The Morgan fingerprint density at radius 3 is 3.08 bits per heavy atom. The molecular weight excluding hydrogens is 178 g/mol. The number of nitrogens with zero attached hydrogens (tertiary/aromatic N) is 1. The van der Waals surface area contributed by atoms with Gasteiger partial charge in [0.05, 0.1) is 12.7 Å². The Balaban J connectivity index is 2.35. The molecule has 12 heavy (non-hydrogen) atoms. The van der Waals surface area contributed by atoms with E-state index in [2.05, 4.69) is 0 Å². The summed E-state index contributed by atoms with van der Waals surface area (Å²) in [6.45, 7) is 4.03. The van der Waals surface area contributed by atoms with Crippen LogP contribution in [0.4, 0.5) is 0 Å². The van der Waals surface area contributed by atoms with Crippen LogP contribution in [0.5, 0.6) is 0 Å². The average molecular weight is 192 g/mol. The molecule has 1 amide bonds. The lowest BCUT2D eigenvalue weighted by Crippen LogP contribution is -2.44. The number of hydrogen-bond donors (Lipinski definition) is 0. The summed E-state index contributed by atoms with van der Waals surface area (Å²) in [4.78, 5) is 13.1. The molecule has 0 aromatic rings. The maximum atomic E-state index is 11.3. The summed E-state index contributed by atoms with van der Waals surface area (Å²) in [7, 11) is 0. The van der Waals surface area contributed by atoms with Gasteiger partial charge in [-0.25, -0.2) is 0 Å². The highest BCUT2D eigenvalue weighted by Crippen LogP contribution is 2.06. The summed E-state index contributed by atoms with van der Waals surface area (Å²) in [5.41, 5.74) is 0. The second-order valence-corrected chi connectivity index (χ2v) is 3.34. The summed E-state index contributed by atoms with van der Waals surface area (Å²) in [5, 5.41) is 0. The fourth-order valence-electron chi connectivity index (χ4n) is 1.28. The number of hydrogen-bond acceptors (Lipinski definition) is 2. The normalized spacial score (nSPS) is 24.2. The Kier molecular flexibility index (Phi) is 3.82. The van der Waals surface area contributed by atoms with Crippen LogP contribution in [0.15, 0.2) is 0 Å². The number of morpholine rings is 1. The highest BCUT2D eigenvalue weighted by molar-refractivity contribution is 6.18. The summed E-state index contributed by atoms with van der Waals surface area (Å²) < 4.78 is 5.31. The Morgan fingerprint density at radius 2 is 2.50 bits per heavy atom. The number of carbonyl (C=O) groups excluding carboxylic acids is 1. The SMILES string of the molecule is CC1CN(C(=O)CCCl)CCO1. The molecule has 0 N–H and O–H groups in total. The fraction of sp³-hybridized carbons (Fsp3) is 0.875. The maximum absolute atomic E-state index is 11.3. The van der Waals surface area contributed by atoms with Gasteiger partial charge in [0.2, 0.25) is 5.91 Å². The first-order chi connectivity index (χ1) is 5.74. The molecule has 0 bridgehead atoms. The van der Waals surface area contributed by atoms with Crippen molar-refractivity contribution < 1.29 is 9.53 Å². The van der Waals surface area contributed by atoms with Gasteiger partial charge in [0.1, 0.15) is 0 Å². The first-order valence-electron chi connectivity index (χ1n) is 4.19. The lowest BCUT2D eigenvalue weighted by Gasteiger charge is -2.31. The number of alkyl halides is 1. The molecule has 0 aromatic heterocycles. The van der Waals surface area contributed by atoms with Gasteiger partial charge in [-0.3, -0.25) is 4.79 Å². The van der Waals surface area contributed by atoms with Gasteiger partial charge in [0.15, 0.2) is 0 Å². The third-order valence-electron chi connectivity index (χ3n) is 1.90. The molecule has 3 nitrogen and oxygen atoms in total. The second kappa shape index (κ2) is 4.67. The lowest BCUT2D eigenvalue weighted by molar-refractivity contribution is -0.137. The van der Waals surface area contributed by atoms with Crippen molar-refractivity contribution in [2.45, 2.75) is 19.4 Å². The van der Waals surface area contributed by atoms with Gasteiger partial charge in [0, 0.05) is 25.4 Å². The molecule has 1 fully saturated rings. The van der Waals surface area contributed by atoms with Crippen LogP contribution < -0.4 is 0 Å². The molecule has 0 spiro atoms. The minimum absolute atomic E-state index is 0.139. The minimum atomic E-state index is 0.139. The summed E-state index contributed by atoms with van der Waals surface area (Å²) in [6, 6.07) is 0. The first-order valence-corrected chi connectivity index (χ1v) is 4.73. The quantitative estimate of drug-likeness (QED) is 0.606. The zero-order valence-corrected chi connectivity index (χ0v) is 8.01. The second-order valence-electron chi connectivity index (χ2n) is 2.96. The van der Waals surface area contributed by atoms with E-state index in [9.17, 15) is 4.79 Å². The minimum Gasteiger partial charge on any atom is -0.375 e.